The van der Waals surface area contributed by atoms with Crippen molar-refractivity contribution in [3.8, 4) is 0 Å². The second-order valence-electron chi connectivity index (χ2n) is 5.38. The fourth-order valence-corrected chi connectivity index (χ4v) is 1.24. The zero-order valence-electron chi connectivity index (χ0n) is 14.9. The largest absolute Gasteiger partial charge is 0.453 e. The van der Waals surface area contributed by atoms with Gasteiger partial charge in [0, 0.05) is 11.8 Å². The minimum Gasteiger partial charge on any atom is -0.453 e. The number of hydrogen-bond acceptors (Lipinski definition) is 6. The predicted octanol–water partition coefficient (Wildman–Crippen LogP) is 1.52. The average molecular weight is 332 g/mol. The summed E-state index contributed by atoms with van der Waals surface area (Å²) in [6.45, 7) is 8.82. The number of alkyl carbamates (subject to hydrolysis) is 2. The van der Waals surface area contributed by atoms with Gasteiger partial charge in [-0.25, -0.2) is 9.59 Å². The third kappa shape index (κ3) is 12.1. The summed E-state index contributed by atoms with van der Waals surface area (Å²) in [5.41, 5.74) is 0. The lowest BCUT2D eigenvalue weighted by molar-refractivity contribution is -0.123. The molecule has 0 bridgehead atoms. The summed E-state index contributed by atoms with van der Waals surface area (Å²) in [6.07, 6.45) is -1.14. The van der Waals surface area contributed by atoms with Crippen LogP contribution >= 0.6 is 0 Å². The van der Waals surface area contributed by atoms with E-state index in [0.717, 1.165) is 0 Å². The second kappa shape index (κ2) is 12.4. The number of nitrogens with one attached hydrogen (secondary N) is 2. The van der Waals surface area contributed by atoms with E-state index in [2.05, 4.69) is 20.1 Å². The Kier molecular flexibility index (Phi) is 12.5. The zero-order valence-corrected chi connectivity index (χ0v) is 14.9. The molecule has 0 rings (SSSR count). The molecule has 0 aliphatic rings. The van der Waals surface area contributed by atoms with Crippen LogP contribution in [0.3, 0.4) is 0 Å². The van der Waals surface area contributed by atoms with Gasteiger partial charge in [0.2, 0.25) is 0 Å². The minimum atomic E-state index is -0.573. The molecule has 23 heavy (non-hydrogen) atoms. The molecule has 134 valence electrons. The van der Waals surface area contributed by atoms with Gasteiger partial charge in [-0.05, 0) is 6.92 Å². The number of ether oxygens (including phenoxy) is 2. The molecule has 0 aromatic carbocycles. The van der Waals surface area contributed by atoms with E-state index in [1.54, 1.807) is 34.6 Å². The summed E-state index contributed by atoms with van der Waals surface area (Å²) in [7, 11) is 2.52. The van der Waals surface area contributed by atoms with Gasteiger partial charge in [0.05, 0.1) is 26.8 Å². The molecule has 0 fully saturated rings. The Labute approximate surface area is 137 Å². The number of ketones is 2. The van der Waals surface area contributed by atoms with Crippen LogP contribution in [-0.4, -0.2) is 50.6 Å². The molecular formula is C15H28N2O6. The highest BCUT2D eigenvalue weighted by Gasteiger charge is 2.18. The van der Waals surface area contributed by atoms with Crippen LogP contribution in [0, 0.1) is 11.8 Å². The fraction of sp³-hybridized carbons (Fsp3) is 0.733. The van der Waals surface area contributed by atoms with Crippen LogP contribution in [0.4, 0.5) is 9.59 Å². The summed E-state index contributed by atoms with van der Waals surface area (Å²) in [6, 6.07) is -0.475. The lowest BCUT2D eigenvalue weighted by Gasteiger charge is -2.13. The van der Waals surface area contributed by atoms with Gasteiger partial charge in [0.1, 0.15) is 0 Å². The Morgan fingerprint density at radius 1 is 0.826 bits per heavy atom. The first kappa shape index (κ1) is 23.2. The van der Waals surface area contributed by atoms with E-state index in [1.807, 2.05) is 0 Å². The Balaban J connectivity index is 0. The Bertz CT molecular complexity index is 407. The van der Waals surface area contributed by atoms with Crippen LogP contribution < -0.4 is 10.6 Å². The first-order valence-electron chi connectivity index (χ1n) is 7.29. The molecule has 0 saturated carbocycles. The van der Waals surface area contributed by atoms with Gasteiger partial charge >= 0.3 is 12.2 Å². The Hall–Kier alpha value is -2.12. The standard InChI is InChI=1S/C8H15NO3.C7H13NO3/c1-5(2)7(10)6(3)9-8(11)12-4;1-5(2)6(9)4-8-7(10)11-3/h5-6H,1-4H3,(H,9,11);5H,4H2,1-3H3,(H,8,10)/t6-;/m0./s1. The summed E-state index contributed by atoms with van der Waals surface area (Å²) < 4.78 is 8.63. The van der Waals surface area contributed by atoms with Crippen molar-refractivity contribution in [2.75, 3.05) is 20.8 Å². The molecule has 0 heterocycles. The van der Waals surface area contributed by atoms with Crippen LogP contribution in [0.1, 0.15) is 34.6 Å². The quantitative estimate of drug-likeness (QED) is 0.763. The van der Waals surface area contributed by atoms with Crippen molar-refractivity contribution in [1.29, 1.82) is 0 Å². The van der Waals surface area contributed by atoms with E-state index >= 15 is 0 Å². The molecule has 0 spiro atoms. The number of Topliss-reactive ketones (excluding diaryl/α,β-unsaturated/α-hetero) is 2. The van der Waals surface area contributed by atoms with Crippen LogP contribution in [0.15, 0.2) is 0 Å². The molecule has 2 N–H and O–H groups in total. The molecule has 0 saturated heterocycles. The summed E-state index contributed by atoms with van der Waals surface area (Å²) in [5, 5.41) is 4.70. The van der Waals surface area contributed by atoms with Gasteiger partial charge in [-0.2, -0.15) is 0 Å². The summed E-state index contributed by atoms with van der Waals surface area (Å²) >= 11 is 0. The topological polar surface area (TPSA) is 111 Å². The number of carbonyl (C=O) groups excluding carboxylic acids is 4. The number of hydrogen-bond donors (Lipinski definition) is 2. The smallest absolute Gasteiger partial charge is 0.407 e. The highest BCUT2D eigenvalue weighted by Crippen LogP contribution is 1.99. The Morgan fingerprint density at radius 2 is 1.30 bits per heavy atom. The lowest BCUT2D eigenvalue weighted by atomic mass is 10.0. The predicted molar refractivity (Wildman–Crippen MR) is 85.1 cm³/mol. The maximum Gasteiger partial charge on any atom is 0.407 e. The molecule has 8 heteroatoms. The maximum atomic E-state index is 11.2. The van der Waals surface area contributed by atoms with E-state index in [9.17, 15) is 19.2 Å². The van der Waals surface area contributed by atoms with Crippen molar-refractivity contribution >= 4 is 23.8 Å². The molecule has 0 unspecified atom stereocenters. The van der Waals surface area contributed by atoms with Gasteiger partial charge in [0.25, 0.3) is 0 Å². The van der Waals surface area contributed by atoms with Crippen molar-refractivity contribution in [2.45, 2.75) is 40.7 Å². The van der Waals surface area contributed by atoms with Gasteiger partial charge < -0.3 is 20.1 Å². The maximum absolute atomic E-state index is 11.2. The Morgan fingerprint density at radius 3 is 1.65 bits per heavy atom. The van der Waals surface area contributed by atoms with Crippen LogP contribution in [0.5, 0.6) is 0 Å². The first-order chi connectivity index (χ1) is 10.6. The van der Waals surface area contributed by atoms with Crippen molar-refractivity contribution in [3.05, 3.63) is 0 Å². The van der Waals surface area contributed by atoms with Crippen molar-refractivity contribution in [2.24, 2.45) is 11.8 Å². The second-order valence-corrected chi connectivity index (χ2v) is 5.38. The summed E-state index contributed by atoms with van der Waals surface area (Å²) in [5.74, 6) is -0.125. The number of methoxy groups -OCH3 is 2. The zero-order chi connectivity index (χ0) is 18.6. The number of amides is 2. The number of carbonyl (C=O) groups is 4. The molecular weight excluding hydrogens is 304 g/mol. The normalized spacial score (nSPS) is 11.0. The number of rotatable bonds is 6. The summed E-state index contributed by atoms with van der Waals surface area (Å²) in [4.78, 5) is 43.2. The van der Waals surface area contributed by atoms with Crippen LogP contribution in [0.25, 0.3) is 0 Å². The van der Waals surface area contributed by atoms with Crippen molar-refractivity contribution < 1.29 is 28.7 Å². The van der Waals surface area contributed by atoms with E-state index in [4.69, 9.17) is 0 Å². The third-order valence-corrected chi connectivity index (χ3v) is 2.75. The van der Waals surface area contributed by atoms with E-state index in [-0.39, 0.29) is 29.9 Å². The molecule has 0 aliphatic heterocycles. The minimum absolute atomic E-state index is 0.000370. The van der Waals surface area contributed by atoms with E-state index in [0.29, 0.717) is 0 Å². The molecule has 0 aromatic heterocycles. The molecule has 8 nitrogen and oxygen atoms in total. The van der Waals surface area contributed by atoms with Crippen molar-refractivity contribution in [3.63, 3.8) is 0 Å². The SMILES string of the molecule is COC(=O)NCC(=O)C(C)C.COC(=O)N[C@@H](C)C(=O)C(C)C. The highest BCUT2D eigenvalue weighted by molar-refractivity contribution is 5.88. The fourth-order valence-electron chi connectivity index (χ4n) is 1.24. The highest BCUT2D eigenvalue weighted by atomic mass is 16.5. The molecule has 2 amide bonds. The van der Waals surface area contributed by atoms with Gasteiger partial charge in [-0.1, -0.05) is 27.7 Å². The lowest BCUT2D eigenvalue weighted by Crippen LogP contribution is -2.40. The monoisotopic (exact) mass is 332 g/mol. The first-order valence-corrected chi connectivity index (χ1v) is 7.29. The molecule has 1 atom stereocenters. The van der Waals surface area contributed by atoms with Gasteiger partial charge in [-0.3, -0.25) is 9.59 Å². The third-order valence-electron chi connectivity index (χ3n) is 2.75. The molecule has 0 radical (unpaired) electrons. The van der Waals surface area contributed by atoms with Gasteiger partial charge in [-0.15, -0.1) is 0 Å². The average Bonchev–Trinajstić information content (AvgIpc) is 2.51. The van der Waals surface area contributed by atoms with Gasteiger partial charge in [0.15, 0.2) is 11.6 Å². The molecule has 0 aliphatic carbocycles. The van der Waals surface area contributed by atoms with Crippen LogP contribution in [-0.2, 0) is 19.1 Å². The van der Waals surface area contributed by atoms with Crippen LogP contribution in [0.2, 0.25) is 0 Å². The van der Waals surface area contributed by atoms with E-state index < -0.39 is 18.2 Å². The van der Waals surface area contributed by atoms with Crippen molar-refractivity contribution in [1.82, 2.24) is 10.6 Å². The molecule has 0 aromatic rings. The van der Waals surface area contributed by atoms with E-state index in [1.165, 1.54) is 14.2 Å².